The Bertz CT molecular complexity index is 759. The molecule has 0 saturated heterocycles. The smallest absolute Gasteiger partial charge is 0.170 e. The van der Waals surface area contributed by atoms with E-state index in [-0.39, 0.29) is 11.7 Å². The maximum Gasteiger partial charge on any atom is 0.170 e. The molecule has 0 bridgehead atoms. The fraction of sp³-hybridized carbons (Fsp3) is 0.500. The summed E-state index contributed by atoms with van der Waals surface area (Å²) < 4.78 is 6.26. The Labute approximate surface area is 137 Å². The van der Waals surface area contributed by atoms with Gasteiger partial charge in [-0.1, -0.05) is 26.0 Å². The third kappa shape index (κ3) is 2.67. The zero-order valence-electron chi connectivity index (χ0n) is 14.6. The summed E-state index contributed by atoms with van der Waals surface area (Å²) in [5.41, 5.74) is 2.38. The molecule has 0 saturated carbocycles. The summed E-state index contributed by atoms with van der Waals surface area (Å²) in [4.78, 5) is 0. The molecular formula is C20H26O3. The van der Waals surface area contributed by atoms with E-state index in [9.17, 15) is 10.2 Å². The molecule has 1 atom stereocenters. The second-order valence-electron chi connectivity index (χ2n) is 7.61. The Morgan fingerprint density at radius 1 is 1.26 bits per heavy atom. The molecule has 23 heavy (non-hydrogen) atoms. The van der Waals surface area contributed by atoms with Crippen LogP contribution in [0.4, 0.5) is 0 Å². The lowest BCUT2D eigenvalue weighted by molar-refractivity contribution is 0.0648. The highest BCUT2D eigenvalue weighted by molar-refractivity contribution is 5.96. The average molecular weight is 314 g/mol. The van der Waals surface area contributed by atoms with Crippen LogP contribution in [-0.2, 0) is 0 Å². The van der Waals surface area contributed by atoms with Gasteiger partial charge in [0, 0.05) is 10.9 Å². The van der Waals surface area contributed by atoms with Crippen LogP contribution in [0.5, 0.6) is 11.5 Å². The topological polar surface area (TPSA) is 49.7 Å². The molecule has 124 valence electrons. The number of hydrogen-bond acceptors (Lipinski definition) is 3. The second kappa shape index (κ2) is 5.41. The Hall–Kier alpha value is -1.74. The number of phenols is 1. The van der Waals surface area contributed by atoms with Gasteiger partial charge in [-0.25, -0.2) is 0 Å². The van der Waals surface area contributed by atoms with Crippen LogP contribution in [0.3, 0.4) is 0 Å². The van der Waals surface area contributed by atoms with Gasteiger partial charge in [0.2, 0.25) is 0 Å². The SMILES string of the molecule is Cc1ccc2cc(C(C)C)c(O)c3c2c1C(O)CCC(C)(C)O3. The van der Waals surface area contributed by atoms with E-state index in [4.69, 9.17) is 4.74 Å². The van der Waals surface area contributed by atoms with Crippen LogP contribution in [0.1, 0.15) is 69.2 Å². The van der Waals surface area contributed by atoms with Gasteiger partial charge in [-0.3, -0.25) is 0 Å². The molecule has 0 spiro atoms. The van der Waals surface area contributed by atoms with Crippen molar-refractivity contribution < 1.29 is 14.9 Å². The van der Waals surface area contributed by atoms with Crippen molar-refractivity contribution in [2.45, 2.75) is 65.1 Å². The van der Waals surface area contributed by atoms with E-state index < -0.39 is 11.7 Å². The highest BCUT2D eigenvalue weighted by Gasteiger charge is 2.31. The van der Waals surface area contributed by atoms with Gasteiger partial charge in [0.25, 0.3) is 0 Å². The van der Waals surface area contributed by atoms with Crippen molar-refractivity contribution in [3.63, 3.8) is 0 Å². The Morgan fingerprint density at radius 2 is 1.96 bits per heavy atom. The van der Waals surface area contributed by atoms with Gasteiger partial charge in [-0.2, -0.15) is 0 Å². The van der Waals surface area contributed by atoms with E-state index in [0.717, 1.165) is 33.9 Å². The summed E-state index contributed by atoms with van der Waals surface area (Å²) in [6, 6.07) is 6.11. The van der Waals surface area contributed by atoms with E-state index in [1.54, 1.807) is 0 Å². The first-order valence-corrected chi connectivity index (χ1v) is 8.37. The first-order chi connectivity index (χ1) is 10.7. The summed E-state index contributed by atoms with van der Waals surface area (Å²) in [5, 5.41) is 23.4. The van der Waals surface area contributed by atoms with Gasteiger partial charge in [0.15, 0.2) is 11.5 Å². The van der Waals surface area contributed by atoms with Crippen LogP contribution in [0.25, 0.3) is 10.8 Å². The van der Waals surface area contributed by atoms with E-state index in [1.165, 1.54) is 0 Å². The number of hydrogen-bond donors (Lipinski definition) is 2. The molecule has 1 aliphatic heterocycles. The van der Waals surface area contributed by atoms with Gasteiger partial charge in [0.1, 0.15) is 5.60 Å². The average Bonchev–Trinajstić information content (AvgIpc) is 2.46. The highest BCUT2D eigenvalue weighted by Crippen LogP contribution is 2.48. The predicted octanol–water partition coefficient (Wildman–Crippen LogP) is 4.96. The summed E-state index contributed by atoms with van der Waals surface area (Å²) in [6.07, 6.45) is 0.846. The minimum absolute atomic E-state index is 0.197. The van der Waals surface area contributed by atoms with Crippen molar-refractivity contribution in [2.75, 3.05) is 0 Å². The zero-order chi connectivity index (χ0) is 16.9. The Morgan fingerprint density at radius 3 is 2.61 bits per heavy atom. The summed E-state index contributed by atoms with van der Waals surface area (Å²) in [5.74, 6) is 0.928. The maximum atomic E-state index is 10.8. The maximum absolute atomic E-state index is 10.8. The predicted molar refractivity (Wildman–Crippen MR) is 93.3 cm³/mol. The van der Waals surface area contributed by atoms with Gasteiger partial charge in [-0.15, -0.1) is 0 Å². The van der Waals surface area contributed by atoms with E-state index >= 15 is 0 Å². The van der Waals surface area contributed by atoms with Crippen LogP contribution < -0.4 is 4.74 Å². The first kappa shape index (κ1) is 16.1. The van der Waals surface area contributed by atoms with Crippen molar-refractivity contribution in [1.29, 1.82) is 0 Å². The number of aliphatic hydroxyl groups is 1. The fourth-order valence-corrected chi connectivity index (χ4v) is 3.52. The van der Waals surface area contributed by atoms with Gasteiger partial charge >= 0.3 is 0 Å². The number of phenolic OH excluding ortho intramolecular Hbond substituents is 1. The van der Waals surface area contributed by atoms with Crippen LogP contribution in [0.15, 0.2) is 18.2 Å². The third-order valence-electron chi connectivity index (χ3n) is 4.88. The molecule has 1 aliphatic rings. The van der Waals surface area contributed by atoms with Gasteiger partial charge in [0.05, 0.1) is 6.10 Å². The fourth-order valence-electron chi connectivity index (χ4n) is 3.52. The van der Waals surface area contributed by atoms with E-state index in [1.807, 2.05) is 39.0 Å². The van der Waals surface area contributed by atoms with Crippen molar-refractivity contribution in [3.8, 4) is 11.5 Å². The Balaban J connectivity index is 2.44. The molecule has 3 rings (SSSR count). The normalized spacial score (nSPS) is 20.2. The number of rotatable bonds is 1. The number of aliphatic hydroxyl groups excluding tert-OH is 1. The zero-order valence-corrected chi connectivity index (χ0v) is 14.6. The van der Waals surface area contributed by atoms with Gasteiger partial charge < -0.3 is 14.9 Å². The number of ether oxygens (including phenoxy) is 1. The molecule has 0 radical (unpaired) electrons. The van der Waals surface area contributed by atoms with E-state index in [2.05, 4.69) is 13.8 Å². The van der Waals surface area contributed by atoms with Crippen molar-refractivity contribution in [3.05, 3.63) is 34.9 Å². The number of aromatic hydroxyl groups is 1. The molecule has 0 amide bonds. The number of benzene rings is 2. The number of aryl methyl sites for hydroxylation is 1. The third-order valence-corrected chi connectivity index (χ3v) is 4.88. The van der Waals surface area contributed by atoms with Crippen LogP contribution in [-0.4, -0.2) is 15.8 Å². The summed E-state index contributed by atoms with van der Waals surface area (Å²) in [6.45, 7) is 10.1. The van der Waals surface area contributed by atoms with Crippen LogP contribution in [0, 0.1) is 6.92 Å². The molecule has 2 aromatic rings. The van der Waals surface area contributed by atoms with Gasteiger partial charge in [-0.05, 0) is 62.1 Å². The molecule has 2 N–H and O–H groups in total. The monoisotopic (exact) mass is 314 g/mol. The molecule has 0 aliphatic carbocycles. The van der Waals surface area contributed by atoms with Crippen molar-refractivity contribution in [1.82, 2.24) is 0 Å². The molecular weight excluding hydrogens is 288 g/mol. The molecule has 3 heteroatoms. The summed E-state index contributed by atoms with van der Waals surface area (Å²) >= 11 is 0. The molecule has 0 aromatic heterocycles. The Kier molecular flexibility index (Phi) is 3.80. The second-order valence-corrected chi connectivity index (χ2v) is 7.61. The standard InChI is InChI=1S/C20H26O3/c1-11(2)14-10-13-7-6-12(3)16-15(21)8-9-20(4,5)23-19(17(13)16)18(14)22/h6-7,10-11,15,21-22H,8-9H2,1-5H3. The lowest BCUT2D eigenvalue weighted by Crippen LogP contribution is -2.30. The molecule has 3 nitrogen and oxygen atoms in total. The summed E-state index contributed by atoms with van der Waals surface area (Å²) in [7, 11) is 0. The molecule has 0 fully saturated rings. The lowest BCUT2D eigenvalue weighted by Gasteiger charge is -2.33. The first-order valence-electron chi connectivity index (χ1n) is 8.37. The minimum atomic E-state index is -0.537. The van der Waals surface area contributed by atoms with E-state index in [0.29, 0.717) is 12.2 Å². The van der Waals surface area contributed by atoms with Crippen molar-refractivity contribution >= 4 is 10.8 Å². The molecule has 1 unspecified atom stereocenters. The van der Waals surface area contributed by atoms with Crippen molar-refractivity contribution in [2.24, 2.45) is 0 Å². The lowest BCUT2D eigenvalue weighted by atomic mass is 9.86. The van der Waals surface area contributed by atoms with Crippen LogP contribution >= 0.6 is 0 Å². The van der Waals surface area contributed by atoms with Crippen LogP contribution in [0.2, 0.25) is 0 Å². The molecule has 1 heterocycles. The highest BCUT2D eigenvalue weighted by atomic mass is 16.5. The molecule has 2 aromatic carbocycles. The minimum Gasteiger partial charge on any atom is -0.504 e. The largest absolute Gasteiger partial charge is 0.504 e. The quantitative estimate of drug-likeness (QED) is 0.782.